The zero-order valence-corrected chi connectivity index (χ0v) is 10.3. The molecule has 82 valence electrons. The van der Waals surface area contributed by atoms with Crippen LogP contribution in [-0.2, 0) is 11.2 Å². The van der Waals surface area contributed by atoms with Crippen molar-refractivity contribution in [3.8, 4) is 0 Å². The largest absolute Gasteiger partial charge is 0.349 e. The van der Waals surface area contributed by atoms with Gasteiger partial charge >= 0.3 is 0 Å². The highest BCUT2D eigenvalue weighted by Gasteiger charge is 2.07. The van der Waals surface area contributed by atoms with Gasteiger partial charge < -0.3 is 4.90 Å². The molecule has 0 saturated heterocycles. The number of carbonyl (C=O) groups is 1. The summed E-state index contributed by atoms with van der Waals surface area (Å²) in [6.07, 6.45) is 0.779. The number of benzene rings is 1. The lowest BCUT2D eigenvalue weighted by Crippen LogP contribution is -2.21. The van der Waals surface area contributed by atoms with Gasteiger partial charge in [-0.15, -0.1) is 0 Å². The van der Waals surface area contributed by atoms with E-state index in [1.54, 1.807) is 26.2 Å². The number of nitrogens with zero attached hydrogens (tertiary/aromatic N) is 1. The topological polar surface area (TPSA) is 20.3 Å². The van der Waals surface area contributed by atoms with Crippen LogP contribution in [0.4, 0.5) is 4.39 Å². The number of carbonyl (C=O) groups excluding carboxylic acids is 1. The predicted molar refractivity (Wildman–Crippen MR) is 61.1 cm³/mol. The van der Waals surface area contributed by atoms with E-state index in [1.807, 2.05) is 0 Å². The molecule has 0 fully saturated rings. The van der Waals surface area contributed by atoms with Crippen molar-refractivity contribution in [1.82, 2.24) is 4.90 Å². The van der Waals surface area contributed by atoms with Gasteiger partial charge in [-0.25, -0.2) is 4.39 Å². The fraction of sp³-hybridized carbons (Fsp3) is 0.364. The zero-order valence-electron chi connectivity index (χ0n) is 8.76. The van der Waals surface area contributed by atoms with Crippen molar-refractivity contribution in [1.29, 1.82) is 0 Å². The third-order valence-electron chi connectivity index (χ3n) is 2.12. The van der Waals surface area contributed by atoms with Crippen LogP contribution in [0.2, 0.25) is 0 Å². The highest BCUT2D eigenvalue weighted by molar-refractivity contribution is 9.10. The van der Waals surface area contributed by atoms with Crippen LogP contribution in [0.15, 0.2) is 22.7 Å². The average molecular weight is 274 g/mol. The third kappa shape index (κ3) is 3.63. The first-order valence-corrected chi connectivity index (χ1v) is 5.44. The van der Waals surface area contributed by atoms with Crippen LogP contribution in [0.25, 0.3) is 0 Å². The SMILES string of the molecule is CN(C)C(=O)CCc1ccc(Br)cc1F. The van der Waals surface area contributed by atoms with E-state index < -0.39 is 0 Å². The second-order valence-electron chi connectivity index (χ2n) is 3.52. The molecular weight excluding hydrogens is 261 g/mol. The Morgan fingerprint density at radius 2 is 2.13 bits per heavy atom. The summed E-state index contributed by atoms with van der Waals surface area (Å²) in [5, 5.41) is 0. The summed E-state index contributed by atoms with van der Waals surface area (Å²) in [5.74, 6) is -0.256. The van der Waals surface area contributed by atoms with E-state index in [2.05, 4.69) is 15.9 Å². The lowest BCUT2D eigenvalue weighted by atomic mass is 10.1. The van der Waals surface area contributed by atoms with E-state index in [0.29, 0.717) is 22.9 Å². The minimum atomic E-state index is -0.268. The summed E-state index contributed by atoms with van der Waals surface area (Å²) in [6, 6.07) is 4.89. The van der Waals surface area contributed by atoms with Gasteiger partial charge in [0.2, 0.25) is 5.91 Å². The molecular formula is C11H13BrFNO. The Bertz CT molecular complexity index is 366. The summed E-state index contributed by atoms with van der Waals surface area (Å²) in [6.45, 7) is 0. The van der Waals surface area contributed by atoms with Gasteiger partial charge in [-0.3, -0.25) is 4.79 Å². The highest BCUT2D eigenvalue weighted by atomic mass is 79.9. The smallest absolute Gasteiger partial charge is 0.222 e. The Morgan fingerprint density at radius 1 is 1.47 bits per heavy atom. The van der Waals surface area contributed by atoms with Gasteiger partial charge in [0.05, 0.1) is 0 Å². The number of amides is 1. The molecule has 0 saturated carbocycles. The highest BCUT2D eigenvalue weighted by Crippen LogP contribution is 2.16. The van der Waals surface area contributed by atoms with E-state index in [9.17, 15) is 9.18 Å². The molecule has 0 heterocycles. The van der Waals surface area contributed by atoms with Gasteiger partial charge in [0, 0.05) is 25.0 Å². The molecule has 0 N–H and O–H groups in total. The minimum absolute atomic E-state index is 0.0114. The number of aryl methyl sites for hydroxylation is 1. The standard InChI is InChI=1S/C11H13BrFNO/c1-14(2)11(15)6-4-8-3-5-9(12)7-10(8)13/h3,5,7H,4,6H2,1-2H3. The maximum absolute atomic E-state index is 13.3. The first-order valence-electron chi connectivity index (χ1n) is 4.65. The van der Waals surface area contributed by atoms with E-state index in [1.165, 1.54) is 11.0 Å². The molecule has 1 aromatic rings. The van der Waals surface area contributed by atoms with Crippen LogP contribution in [0.1, 0.15) is 12.0 Å². The molecule has 0 bridgehead atoms. The molecule has 0 aromatic heterocycles. The van der Waals surface area contributed by atoms with Crippen molar-refractivity contribution < 1.29 is 9.18 Å². The van der Waals surface area contributed by atoms with Crippen LogP contribution in [0.3, 0.4) is 0 Å². The number of halogens is 2. The van der Waals surface area contributed by atoms with Gasteiger partial charge in [-0.05, 0) is 24.1 Å². The van der Waals surface area contributed by atoms with Gasteiger partial charge in [0.25, 0.3) is 0 Å². The summed E-state index contributed by atoms with van der Waals surface area (Å²) >= 11 is 3.18. The molecule has 1 rings (SSSR count). The summed E-state index contributed by atoms with van der Waals surface area (Å²) < 4.78 is 14.1. The first kappa shape index (κ1) is 12.2. The molecule has 15 heavy (non-hydrogen) atoms. The molecule has 2 nitrogen and oxygen atoms in total. The zero-order chi connectivity index (χ0) is 11.4. The molecule has 1 amide bonds. The second-order valence-corrected chi connectivity index (χ2v) is 4.44. The predicted octanol–water partition coefficient (Wildman–Crippen LogP) is 2.61. The van der Waals surface area contributed by atoms with Crippen LogP contribution in [-0.4, -0.2) is 24.9 Å². The Morgan fingerprint density at radius 3 is 2.67 bits per heavy atom. The van der Waals surface area contributed by atoms with Crippen molar-refractivity contribution in [3.05, 3.63) is 34.1 Å². The number of hydrogen-bond acceptors (Lipinski definition) is 1. The van der Waals surface area contributed by atoms with Gasteiger partial charge in [-0.1, -0.05) is 22.0 Å². The van der Waals surface area contributed by atoms with Crippen molar-refractivity contribution in [2.75, 3.05) is 14.1 Å². The van der Waals surface area contributed by atoms with E-state index >= 15 is 0 Å². The molecule has 0 aliphatic rings. The number of hydrogen-bond donors (Lipinski definition) is 0. The Kier molecular flexibility index (Phi) is 4.27. The quantitative estimate of drug-likeness (QED) is 0.829. The maximum Gasteiger partial charge on any atom is 0.222 e. The van der Waals surface area contributed by atoms with E-state index in [-0.39, 0.29) is 11.7 Å². The minimum Gasteiger partial charge on any atom is -0.349 e. The molecule has 0 unspecified atom stereocenters. The fourth-order valence-corrected chi connectivity index (χ4v) is 1.52. The lowest BCUT2D eigenvalue weighted by molar-refractivity contribution is -0.128. The van der Waals surface area contributed by atoms with Crippen LogP contribution in [0, 0.1) is 5.82 Å². The Hall–Kier alpha value is -0.900. The summed E-state index contributed by atoms with van der Waals surface area (Å²) in [5.41, 5.74) is 0.577. The van der Waals surface area contributed by atoms with Crippen LogP contribution in [0.5, 0.6) is 0 Å². The molecule has 0 aliphatic carbocycles. The van der Waals surface area contributed by atoms with E-state index in [4.69, 9.17) is 0 Å². The normalized spacial score (nSPS) is 10.1. The van der Waals surface area contributed by atoms with Gasteiger partial charge in [0.1, 0.15) is 5.82 Å². The van der Waals surface area contributed by atoms with Gasteiger partial charge in [0.15, 0.2) is 0 Å². The van der Waals surface area contributed by atoms with Crippen LogP contribution >= 0.6 is 15.9 Å². The first-order chi connectivity index (χ1) is 7.00. The lowest BCUT2D eigenvalue weighted by Gasteiger charge is -2.10. The number of rotatable bonds is 3. The summed E-state index contributed by atoms with van der Waals surface area (Å²) in [4.78, 5) is 12.8. The van der Waals surface area contributed by atoms with Crippen LogP contribution < -0.4 is 0 Å². The fourth-order valence-electron chi connectivity index (χ4n) is 1.19. The molecule has 1 aromatic carbocycles. The van der Waals surface area contributed by atoms with Gasteiger partial charge in [-0.2, -0.15) is 0 Å². The average Bonchev–Trinajstić information content (AvgIpc) is 2.15. The Labute approximate surface area is 97.2 Å². The van der Waals surface area contributed by atoms with Crippen molar-refractivity contribution in [3.63, 3.8) is 0 Å². The Balaban J connectivity index is 2.62. The van der Waals surface area contributed by atoms with Crippen molar-refractivity contribution >= 4 is 21.8 Å². The molecule has 0 radical (unpaired) electrons. The second kappa shape index (κ2) is 5.26. The van der Waals surface area contributed by atoms with Crippen molar-refractivity contribution in [2.45, 2.75) is 12.8 Å². The maximum atomic E-state index is 13.3. The monoisotopic (exact) mass is 273 g/mol. The molecule has 0 aliphatic heterocycles. The summed E-state index contributed by atoms with van der Waals surface area (Å²) in [7, 11) is 3.39. The molecule has 0 atom stereocenters. The third-order valence-corrected chi connectivity index (χ3v) is 2.62. The van der Waals surface area contributed by atoms with Crippen molar-refractivity contribution in [2.24, 2.45) is 0 Å². The van der Waals surface area contributed by atoms with E-state index in [0.717, 1.165) is 0 Å². The molecule has 0 spiro atoms. The molecule has 4 heteroatoms.